The molecule has 1 aliphatic rings. The molecule has 0 aliphatic heterocycles. The van der Waals surface area contributed by atoms with Gasteiger partial charge in [-0.3, -0.25) is 4.99 Å². The standard InChI is InChI=1S/C20H31Cl2N3O3.HI/c1-3-23-19(25-14-20(8-5-9-20)10-11-27-2)24-12-15(26)13-28-17-7-4-6-16(21)18(17)22;/h4,6-7,15,26H,3,5,8-14H2,1-2H3,(H2,23,24,25);1H. The monoisotopic (exact) mass is 559 g/mol. The van der Waals surface area contributed by atoms with E-state index in [1.807, 2.05) is 6.92 Å². The average Bonchev–Trinajstić information content (AvgIpc) is 2.66. The molecule has 1 atom stereocenters. The van der Waals surface area contributed by atoms with E-state index in [0.29, 0.717) is 28.3 Å². The zero-order valence-electron chi connectivity index (χ0n) is 17.0. The first-order valence-corrected chi connectivity index (χ1v) is 10.5. The summed E-state index contributed by atoms with van der Waals surface area (Å²) >= 11 is 12.1. The number of nitrogens with zero attached hydrogens (tertiary/aromatic N) is 1. The summed E-state index contributed by atoms with van der Waals surface area (Å²) in [6, 6.07) is 5.16. The number of halogens is 3. The summed E-state index contributed by atoms with van der Waals surface area (Å²) in [6.45, 7) is 4.71. The smallest absolute Gasteiger partial charge is 0.191 e. The summed E-state index contributed by atoms with van der Waals surface area (Å²) in [5, 5.41) is 17.4. The molecule has 166 valence electrons. The van der Waals surface area contributed by atoms with Crippen molar-refractivity contribution < 1.29 is 14.6 Å². The van der Waals surface area contributed by atoms with Crippen LogP contribution in [-0.4, -0.2) is 57.1 Å². The fourth-order valence-corrected chi connectivity index (χ4v) is 3.47. The minimum atomic E-state index is -0.718. The maximum Gasteiger partial charge on any atom is 0.191 e. The van der Waals surface area contributed by atoms with Gasteiger partial charge < -0.3 is 25.2 Å². The van der Waals surface area contributed by atoms with Gasteiger partial charge in [0.15, 0.2) is 5.96 Å². The summed E-state index contributed by atoms with van der Waals surface area (Å²) in [7, 11) is 1.74. The lowest BCUT2D eigenvalue weighted by atomic mass is 9.67. The van der Waals surface area contributed by atoms with Crippen LogP contribution in [0.2, 0.25) is 10.0 Å². The molecule has 1 aliphatic carbocycles. The summed E-state index contributed by atoms with van der Waals surface area (Å²) in [5.41, 5.74) is 0.253. The van der Waals surface area contributed by atoms with E-state index < -0.39 is 6.10 Å². The van der Waals surface area contributed by atoms with Gasteiger partial charge in [-0.25, -0.2) is 0 Å². The summed E-state index contributed by atoms with van der Waals surface area (Å²) < 4.78 is 10.8. The number of rotatable bonds is 11. The number of ether oxygens (including phenoxy) is 2. The van der Waals surface area contributed by atoms with Crippen LogP contribution in [0.15, 0.2) is 23.2 Å². The second-order valence-corrected chi connectivity index (χ2v) is 7.97. The van der Waals surface area contributed by atoms with Crippen LogP contribution in [0, 0.1) is 5.41 Å². The summed E-state index contributed by atoms with van der Waals surface area (Å²) in [4.78, 5) is 4.72. The molecule has 29 heavy (non-hydrogen) atoms. The Hall–Kier alpha value is -0.480. The van der Waals surface area contributed by atoms with Crippen molar-refractivity contribution in [2.75, 3.05) is 40.0 Å². The van der Waals surface area contributed by atoms with Gasteiger partial charge in [-0.05, 0) is 43.7 Å². The van der Waals surface area contributed by atoms with Crippen molar-refractivity contribution in [3.05, 3.63) is 28.2 Å². The molecule has 3 N–H and O–H groups in total. The number of guanidine groups is 1. The summed E-state index contributed by atoms with van der Waals surface area (Å²) in [6.07, 6.45) is 3.95. The highest BCUT2D eigenvalue weighted by atomic mass is 127. The third kappa shape index (κ3) is 8.65. The maximum atomic E-state index is 10.2. The van der Waals surface area contributed by atoms with Crippen molar-refractivity contribution in [2.45, 2.75) is 38.7 Å². The van der Waals surface area contributed by atoms with E-state index in [9.17, 15) is 5.11 Å². The Balaban J connectivity index is 0.00000420. The van der Waals surface area contributed by atoms with Crippen LogP contribution in [0.5, 0.6) is 5.75 Å². The minimum absolute atomic E-state index is 0. The first-order valence-electron chi connectivity index (χ1n) is 9.75. The second-order valence-electron chi connectivity index (χ2n) is 7.19. The van der Waals surface area contributed by atoms with Gasteiger partial charge in [-0.1, -0.05) is 35.7 Å². The molecule has 1 fully saturated rings. The van der Waals surface area contributed by atoms with Crippen LogP contribution in [0.25, 0.3) is 0 Å². The van der Waals surface area contributed by atoms with E-state index in [1.54, 1.807) is 25.3 Å². The van der Waals surface area contributed by atoms with E-state index in [-0.39, 0.29) is 36.0 Å². The van der Waals surface area contributed by atoms with Gasteiger partial charge in [0, 0.05) is 33.4 Å². The normalized spacial score (nSPS) is 16.4. The Morgan fingerprint density at radius 3 is 2.69 bits per heavy atom. The van der Waals surface area contributed by atoms with Crippen LogP contribution >= 0.6 is 47.2 Å². The van der Waals surface area contributed by atoms with Crippen molar-refractivity contribution in [3.8, 4) is 5.75 Å². The molecule has 0 spiro atoms. The van der Waals surface area contributed by atoms with Crippen LogP contribution in [0.1, 0.15) is 32.6 Å². The van der Waals surface area contributed by atoms with Gasteiger partial charge >= 0.3 is 0 Å². The quantitative estimate of drug-likeness (QED) is 0.216. The molecule has 9 heteroatoms. The Kier molecular flexibility index (Phi) is 12.6. The number of nitrogens with one attached hydrogen (secondary N) is 2. The highest BCUT2D eigenvalue weighted by molar-refractivity contribution is 14.0. The van der Waals surface area contributed by atoms with Gasteiger partial charge in [0.25, 0.3) is 0 Å². The van der Waals surface area contributed by atoms with E-state index in [0.717, 1.165) is 26.1 Å². The number of aliphatic imine (C=N–C) groups is 1. The summed E-state index contributed by atoms with van der Waals surface area (Å²) in [5.74, 6) is 1.16. The highest BCUT2D eigenvalue weighted by Crippen LogP contribution is 2.44. The SMILES string of the molecule is CCNC(=NCC1(CCOC)CCC1)NCC(O)COc1cccc(Cl)c1Cl.I. The molecule has 6 nitrogen and oxygen atoms in total. The number of aliphatic hydroxyl groups excluding tert-OH is 1. The zero-order chi connectivity index (χ0) is 20.4. The van der Waals surface area contributed by atoms with Gasteiger partial charge in [0.2, 0.25) is 0 Å². The average molecular weight is 560 g/mol. The molecule has 0 heterocycles. The van der Waals surface area contributed by atoms with Crippen molar-refractivity contribution in [1.82, 2.24) is 10.6 Å². The predicted octanol–water partition coefficient (Wildman–Crippen LogP) is 4.11. The lowest BCUT2D eigenvalue weighted by Crippen LogP contribution is -2.44. The first kappa shape index (κ1) is 26.6. The molecule has 1 unspecified atom stereocenters. The lowest BCUT2D eigenvalue weighted by Gasteiger charge is -2.40. The van der Waals surface area contributed by atoms with Crippen LogP contribution in [-0.2, 0) is 4.74 Å². The molecule has 0 amide bonds. The number of hydrogen-bond donors (Lipinski definition) is 3. The van der Waals surface area contributed by atoms with Crippen LogP contribution < -0.4 is 15.4 Å². The van der Waals surface area contributed by atoms with E-state index in [1.165, 1.54) is 19.3 Å². The second kappa shape index (κ2) is 13.7. The van der Waals surface area contributed by atoms with E-state index in [2.05, 4.69) is 10.6 Å². The Morgan fingerprint density at radius 1 is 1.31 bits per heavy atom. The first-order chi connectivity index (χ1) is 13.5. The maximum absolute atomic E-state index is 10.2. The van der Waals surface area contributed by atoms with Crippen molar-refractivity contribution in [1.29, 1.82) is 0 Å². The fourth-order valence-electron chi connectivity index (χ4n) is 3.13. The molecular weight excluding hydrogens is 528 g/mol. The number of benzene rings is 1. The Bertz CT molecular complexity index is 645. The van der Waals surface area contributed by atoms with Gasteiger partial charge in [-0.15, -0.1) is 24.0 Å². The van der Waals surface area contributed by atoms with Crippen molar-refractivity contribution in [3.63, 3.8) is 0 Å². The topological polar surface area (TPSA) is 75.1 Å². The molecule has 1 saturated carbocycles. The lowest BCUT2D eigenvalue weighted by molar-refractivity contribution is 0.0777. The zero-order valence-corrected chi connectivity index (χ0v) is 20.9. The third-order valence-corrected chi connectivity index (χ3v) is 5.82. The Morgan fingerprint density at radius 2 is 2.07 bits per heavy atom. The van der Waals surface area contributed by atoms with Crippen LogP contribution in [0.3, 0.4) is 0 Å². The molecule has 1 aromatic carbocycles. The molecule has 0 saturated heterocycles. The molecule has 0 radical (unpaired) electrons. The number of methoxy groups -OCH3 is 1. The van der Waals surface area contributed by atoms with Gasteiger partial charge in [0.05, 0.1) is 5.02 Å². The van der Waals surface area contributed by atoms with Gasteiger partial charge in [-0.2, -0.15) is 0 Å². The molecular formula is C20H32Cl2IN3O3. The van der Waals surface area contributed by atoms with E-state index in [4.69, 9.17) is 37.7 Å². The fraction of sp³-hybridized carbons (Fsp3) is 0.650. The van der Waals surface area contributed by atoms with Crippen molar-refractivity contribution >= 4 is 53.1 Å². The Labute approximate surface area is 200 Å². The number of aliphatic hydroxyl groups is 1. The van der Waals surface area contributed by atoms with Crippen molar-refractivity contribution in [2.24, 2.45) is 10.4 Å². The van der Waals surface area contributed by atoms with Gasteiger partial charge in [0.1, 0.15) is 23.5 Å². The van der Waals surface area contributed by atoms with Crippen LogP contribution in [0.4, 0.5) is 0 Å². The molecule has 0 bridgehead atoms. The molecule has 0 aromatic heterocycles. The predicted molar refractivity (Wildman–Crippen MR) is 130 cm³/mol. The molecule has 1 aromatic rings. The largest absolute Gasteiger partial charge is 0.489 e. The minimum Gasteiger partial charge on any atom is -0.489 e. The third-order valence-electron chi connectivity index (χ3n) is 5.02. The highest BCUT2D eigenvalue weighted by Gasteiger charge is 2.36. The molecule has 2 rings (SSSR count). The number of hydrogen-bond acceptors (Lipinski definition) is 4. The van der Waals surface area contributed by atoms with E-state index >= 15 is 0 Å².